The summed E-state index contributed by atoms with van der Waals surface area (Å²) in [6, 6.07) is 3.32. The van der Waals surface area contributed by atoms with Gasteiger partial charge in [0.1, 0.15) is 0 Å². The first kappa shape index (κ1) is 18.0. The lowest BCUT2D eigenvalue weighted by Crippen LogP contribution is -2.45. The van der Waals surface area contributed by atoms with Crippen molar-refractivity contribution in [1.82, 2.24) is 15.1 Å². The molecule has 2 aliphatic rings. The lowest BCUT2D eigenvalue weighted by atomic mass is 9.81. The van der Waals surface area contributed by atoms with E-state index in [2.05, 4.69) is 58.1 Å². The first-order chi connectivity index (χ1) is 11.7. The van der Waals surface area contributed by atoms with Gasteiger partial charge in [-0.1, -0.05) is 13.0 Å². The van der Waals surface area contributed by atoms with Gasteiger partial charge in [-0.05, 0) is 46.6 Å². The molecule has 0 aliphatic carbocycles. The smallest absolute Gasteiger partial charge is 0.415 e. The van der Waals surface area contributed by atoms with Crippen molar-refractivity contribution < 1.29 is 14.7 Å². The van der Waals surface area contributed by atoms with Crippen molar-refractivity contribution in [2.24, 2.45) is 0 Å². The summed E-state index contributed by atoms with van der Waals surface area (Å²) in [4.78, 5) is 28.6. The Hall–Kier alpha value is -1.80. The minimum Gasteiger partial charge on any atom is -0.465 e. The third-order valence-corrected chi connectivity index (χ3v) is 6.06. The van der Waals surface area contributed by atoms with Gasteiger partial charge in [-0.2, -0.15) is 0 Å². The summed E-state index contributed by atoms with van der Waals surface area (Å²) >= 11 is 3.65. The van der Waals surface area contributed by atoms with E-state index in [4.69, 9.17) is 0 Å². The minimum absolute atomic E-state index is 0.0151. The van der Waals surface area contributed by atoms with Crippen molar-refractivity contribution in [2.75, 3.05) is 32.6 Å². The van der Waals surface area contributed by atoms with Gasteiger partial charge >= 0.3 is 12.1 Å². The Balaban J connectivity index is 2.02. The first-order valence-electron chi connectivity index (χ1n) is 8.19. The van der Waals surface area contributed by atoms with Crippen LogP contribution in [-0.4, -0.2) is 60.9 Å². The van der Waals surface area contributed by atoms with Crippen LogP contribution in [0.5, 0.6) is 0 Å². The number of carbonyl (C=O) groups is 2. The second kappa shape index (κ2) is 6.17. The second-order valence-corrected chi connectivity index (χ2v) is 7.88. The number of halogens is 1. The molecule has 25 heavy (non-hydrogen) atoms. The number of urea groups is 1. The molecule has 7 nitrogen and oxygen atoms in total. The molecule has 136 valence electrons. The number of rotatable bonds is 2. The molecular weight excluding hydrogens is 388 g/mol. The van der Waals surface area contributed by atoms with Crippen molar-refractivity contribution in [3.63, 3.8) is 0 Å². The van der Waals surface area contributed by atoms with Gasteiger partial charge in [-0.15, -0.1) is 0 Å². The van der Waals surface area contributed by atoms with Crippen molar-refractivity contribution in [1.29, 1.82) is 0 Å². The van der Waals surface area contributed by atoms with E-state index in [0.29, 0.717) is 0 Å². The summed E-state index contributed by atoms with van der Waals surface area (Å²) in [5.41, 5.74) is 3.13. The molecule has 1 aromatic rings. The molecule has 8 heteroatoms. The number of likely N-dealkylation sites (N-methyl/N-ethyl adjacent to an activating group) is 2. The molecule has 0 spiro atoms. The van der Waals surface area contributed by atoms with E-state index in [9.17, 15) is 14.7 Å². The molecule has 0 bridgehead atoms. The highest BCUT2D eigenvalue weighted by molar-refractivity contribution is 9.10. The largest absolute Gasteiger partial charge is 0.465 e. The highest BCUT2D eigenvalue weighted by atomic mass is 79.9. The van der Waals surface area contributed by atoms with Crippen molar-refractivity contribution in [3.8, 4) is 0 Å². The molecule has 2 aliphatic heterocycles. The van der Waals surface area contributed by atoms with Crippen LogP contribution in [0.3, 0.4) is 0 Å². The summed E-state index contributed by atoms with van der Waals surface area (Å²) in [5, 5.41) is 11.7. The Morgan fingerprint density at radius 3 is 2.72 bits per heavy atom. The number of nitrogens with zero attached hydrogens (tertiary/aromatic N) is 3. The number of likely N-dealkylation sites (tertiary alicyclic amines) is 1. The topological polar surface area (TPSA) is 76.1 Å². The fourth-order valence-corrected chi connectivity index (χ4v) is 5.14. The number of benzene rings is 1. The van der Waals surface area contributed by atoms with Crippen LogP contribution in [0.25, 0.3) is 0 Å². The van der Waals surface area contributed by atoms with Crippen LogP contribution in [0.2, 0.25) is 0 Å². The van der Waals surface area contributed by atoms with Gasteiger partial charge in [-0.3, -0.25) is 4.90 Å². The van der Waals surface area contributed by atoms with E-state index in [1.165, 1.54) is 12.6 Å². The van der Waals surface area contributed by atoms with E-state index < -0.39 is 12.1 Å². The lowest BCUT2D eigenvalue weighted by Gasteiger charge is -2.32. The van der Waals surface area contributed by atoms with Crippen LogP contribution in [-0.2, 0) is 12.0 Å². The predicted molar refractivity (Wildman–Crippen MR) is 99.0 cm³/mol. The third-order valence-electron chi connectivity index (χ3n) is 5.46. The van der Waals surface area contributed by atoms with Crippen LogP contribution in [0.4, 0.5) is 15.3 Å². The number of imide groups is 1. The van der Waals surface area contributed by atoms with Gasteiger partial charge in [0.2, 0.25) is 0 Å². The summed E-state index contributed by atoms with van der Waals surface area (Å²) in [5.74, 6) is 0. The van der Waals surface area contributed by atoms with Gasteiger partial charge in [0.05, 0.1) is 18.4 Å². The lowest BCUT2D eigenvalue weighted by molar-refractivity contribution is 0.146. The summed E-state index contributed by atoms with van der Waals surface area (Å²) in [6.07, 6.45) is 0.0563. The molecule has 0 radical (unpaired) electrons. The SMILES string of the molecule is CNC(=O)N(Cc1cc(Br)c2c(c1)[C@]1(C)CCN(C)[C@@H]1N2C)C(=O)O. The monoisotopic (exact) mass is 410 g/mol. The van der Waals surface area contributed by atoms with Gasteiger partial charge in [0.15, 0.2) is 0 Å². The zero-order valence-electron chi connectivity index (χ0n) is 14.8. The van der Waals surface area contributed by atoms with E-state index in [0.717, 1.165) is 33.6 Å². The number of anilines is 1. The molecule has 2 atom stereocenters. The highest BCUT2D eigenvalue weighted by Gasteiger charge is 2.52. The van der Waals surface area contributed by atoms with Crippen LogP contribution in [0.15, 0.2) is 16.6 Å². The molecule has 1 aromatic carbocycles. The number of hydrogen-bond acceptors (Lipinski definition) is 4. The quantitative estimate of drug-likeness (QED) is 0.783. The fourth-order valence-electron chi connectivity index (χ4n) is 4.35. The Morgan fingerprint density at radius 1 is 1.44 bits per heavy atom. The standard InChI is InChI=1S/C17H23BrN4O3/c1-17-5-6-20(3)14(17)21(4)13-11(17)7-10(8-12(13)18)9-22(16(24)25)15(23)19-2/h7-8,14H,5-6,9H2,1-4H3,(H,19,23)(H,24,25)/t14-,17+/m1/s1. The normalized spacial score (nSPS) is 24.8. The molecule has 1 saturated heterocycles. The number of hydrogen-bond donors (Lipinski definition) is 2. The molecule has 3 rings (SSSR count). The zero-order chi connectivity index (χ0) is 18.5. The average Bonchev–Trinajstić information content (AvgIpc) is 2.97. The zero-order valence-corrected chi connectivity index (χ0v) is 16.4. The van der Waals surface area contributed by atoms with E-state index in [-0.39, 0.29) is 18.1 Å². The minimum atomic E-state index is -1.27. The Kier molecular flexibility index (Phi) is 4.45. The Morgan fingerprint density at radius 2 is 2.12 bits per heavy atom. The molecule has 0 saturated carbocycles. The van der Waals surface area contributed by atoms with E-state index in [1.807, 2.05) is 6.07 Å². The molecule has 2 N–H and O–H groups in total. The van der Waals surface area contributed by atoms with Crippen LogP contribution >= 0.6 is 15.9 Å². The van der Waals surface area contributed by atoms with Crippen molar-refractivity contribution >= 4 is 33.7 Å². The van der Waals surface area contributed by atoms with Crippen LogP contribution in [0, 0.1) is 0 Å². The average molecular weight is 411 g/mol. The van der Waals surface area contributed by atoms with Crippen molar-refractivity contribution in [3.05, 3.63) is 27.7 Å². The fraction of sp³-hybridized carbons (Fsp3) is 0.529. The number of carbonyl (C=O) groups excluding carboxylic acids is 1. The number of nitrogens with one attached hydrogen (secondary N) is 1. The second-order valence-electron chi connectivity index (χ2n) is 7.03. The predicted octanol–water partition coefficient (Wildman–Crippen LogP) is 2.64. The molecule has 1 fully saturated rings. The summed E-state index contributed by atoms with van der Waals surface area (Å²) in [6.45, 7) is 3.29. The summed E-state index contributed by atoms with van der Waals surface area (Å²) in [7, 11) is 5.64. The summed E-state index contributed by atoms with van der Waals surface area (Å²) < 4.78 is 0.925. The molecular formula is C17H23BrN4O3. The molecule has 0 unspecified atom stereocenters. The highest BCUT2D eigenvalue weighted by Crippen LogP contribution is 2.53. The third kappa shape index (κ3) is 2.67. The van der Waals surface area contributed by atoms with Crippen LogP contribution in [0.1, 0.15) is 24.5 Å². The molecule has 3 amide bonds. The van der Waals surface area contributed by atoms with E-state index >= 15 is 0 Å². The number of amides is 3. The Labute approximate surface area is 155 Å². The molecule has 2 heterocycles. The molecule has 0 aromatic heterocycles. The van der Waals surface area contributed by atoms with Gasteiger partial charge in [0.25, 0.3) is 0 Å². The van der Waals surface area contributed by atoms with Gasteiger partial charge < -0.3 is 15.3 Å². The maximum Gasteiger partial charge on any atom is 0.415 e. The van der Waals surface area contributed by atoms with Crippen LogP contribution < -0.4 is 10.2 Å². The maximum absolute atomic E-state index is 11.8. The maximum atomic E-state index is 11.8. The number of fused-ring (bicyclic) bond motifs is 3. The Bertz CT molecular complexity index is 741. The van der Waals surface area contributed by atoms with Crippen molar-refractivity contribution in [2.45, 2.75) is 31.5 Å². The van der Waals surface area contributed by atoms with E-state index in [1.54, 1.807) is 0 Å². The first-order valence-corrected chi connectivity index (χ1v) is 8.98. The van der Waals surface area contributed by atoms with Gasteiger partial charge in [-0.25, -0.2) is 14.5 Å². The van der Waals surface area contributed by atoms with Gasteiger partial charge in [0, 0.05) is 30.5 Å². The number of carboxylic acid groups (broad SMARTS) is 1.